The molecule has 0 atom stereocenters. The van der Waals surface area contributed by atoms with Gasteiger partial charge in [-0.2, -0.15) is 0 Å². The molecule has 104 valence electrons. The molecule has 0 aromatic heterocycles. The third-order valence-electron chi connectivity index (χ3n) is 2.83. The first-order chi connectivity index (χ1) is 9.65. The molecule has 0 saturated carbocycles. The first kappa shape index (κ1) is 14.1. The van der Waals surface area contributed by atoms with E-state index in [9.17, 15) is 9.18 Å². The van der Waals surface area contributed by atoms with E-state index in [1.807, 2.05) is 30.3 Å². The topological polar surface area (TPSA) is 38.3 Å². The maximum atomic E-state index is 12.9. The summed E-state index contributed by atoms with van der Waals surface area (Å²) in [4.78, 5) is 11.7. The van der Waals surface area contributed by atoms with E-state index >= 15 is 0 Å². The van der Waals surface area contributed by atoms with Crippen molar-refractivity contribution in [1.82, 2.24) is 5.32 Å². The number of benzene rings is 2. The Morgan fingerprint density at radius 3 is 2.65 bits per heavy atom. The fourth-order valence-electron chi connectivity index (χ4n) is 1.77. The van der Waals surface area contributed by atoms with E-state index in [1.54, 1.807) is 6.92 Å². The Hall–Kier alpha value is -2.36. The zero-order chi connectivity index (χ0) is 14.4. The van der Waals surface area contributed by atoms with Gasteiger partial charge in [0.25, 0.3) is 5.91 Å². The first-order valence-corrected chi connectivity index (χ1v) is 6.35. The van der Waals surface area contributed by atoms with Crippen molar-refractivity contribution in [1.29, 1.82) is 0 Å². The summed E-state index contributed by atoms with van der Waals surface area (Å²) in [5, 5.41) is 2.76. The van der Waals surface area contributed by atoms with E-state index in [0.29, 0.717) is 17.9 Å². The van der Waals surface area contributed by atoms with E-state index in [1.165, 1.54) is 18.2 Å². The standard InChI is InChI=1S/C16H16FNO2/c1-12-9-14(17)7-8-15(12)20-11-16(19)18-10-13-5-3-2-4-6-13/h2-9H,10-11H2,1H3,(H,18,19). The van der Waals surface area contributed by atoms with Crippen LogP contribution in [0.4, 0.5) is 4.39 Å². The quantitative estimate of drug-likeness (QED) is 0.909. The summed E-state index contributed by atoms with van der Waals surface area (Å²) in [6, 6.07) is 13.8. The normalized spacial score (nSPS) is 10.1. The van der Waals surface area contributed by atoms with Crippen LogP contribution in [0, 0.1) is 12.7 Å². The Labute approximate surface area is 117 Å². The van der Waals surface area contributed by atoms with E-state index in [-0.39, 0.29) is 18.3 Å². The van der Waals surface area contributed by atoms with Gasteiger partial charge < -0.3 is 10.1 Å². The maximum absolute atomic E-state index is 12.9. The van der Waals surface area contributed by atoms with Crippen LogP contribution in [0.1, 0.15) is 11.1 Å². The summed E-state index contributed by atoms with van der Waals surface area (Å²) in [6.45, 7) is 2.12. The first-order valence-electron chi connectivity index (χ1n) is 6.35. The minimum atomic E-state index is -0.316. The Balaban J connectivity index is 1.80. The van der Waals surface area contributed by atoms with Crippen molar-refractivity contribution in [3.63, 3.8) is 0 Å². The summed E-state index contributed by atoms with van der Waals surface area (Å²) < 4.78 is 18.3. The number of halogens is 1. The molecule has 0 aliphatic carbocycles. The van der Waals surface area contributed by atoms with Crippen LogP contribution < -0.4 is 10.1 Å². The van der Waals surface area contributed by atoms with Crippen molar-refractivity contribution in [2.45, 2.75) is 13.5 Å². The molecule has 0 fully saturated rings. The molecule has 1 N–H and O–H groups in total. The number of rotatable bonds is 5. The monoisotopic (exact) mass is 273 g/mol. The van der Waals surface area contributed by atoms with Gasteiger partial charge in [-0.3, -0.25) is 4.79 Å². The lowest BCUT2D eigenvalue weighted by Gasteiger charge is -2.09. The molecule has 0 heterocycles. The molecule has 2 rings (SSSR count). The zero-order valence-electron chi connectivity index (χ0n) is 11.2. The van der Waals surface area contributed by atoms with E-state index in [2.05, 4.69) is 5.32 Å². The number of hydrogen-bond acceptors (Lipinski definition) is 2. The third-order valence-corrected chi connectivity index (χ3v) is 2.83. The molecule has 2 aromatic carbocycles. The zero-order valence-corrected chi connectivity index (χ0v) is 11.2. The molecule has 0 radical (unpaired) electrons. The van der Waals surface area contributed by atoms with Crippen LogP contribution >= 0.6 is 0 Å². The van der Waals surface area contributed by atoms with Crippen LogP contribution in [-0.2, 0) is 11.3 Å². The number of ether oxygens (including phenoxy) is 1. The number of hydrogen-bond donors (Lipinski definition) is 1. The molecule has 20 heavy (non-hydrogen) atoms. The van der Waals surface area contributed by atoms with Crippen molar-refractivity contribution >= 4 is 5.91 Å². The molecule has 3 nitrogen and oxygen atoms in total. The van der Waals surface area contributed by atoms with E-state index < -0.39 is 0 Å². The largest absolute Gasteiger partial charge is 0.484 e. The maximum Gasteiger partial charge on any atom is 0.258 e. The Morgan fingerprint density at radius 1 is 1.20 bits per heavy atom. The van der Waals surface area contributed by atoms with Crippen LogP contribution in [0.3, 0.4) is 0 Å². The Kier molecular flexibility index (Phi) is 4.71. The highest BCUT2D eigenvalue weighted by Gasteiger charge is 2.05. The number of carbonyl (C=O) groups is 1. The predicted molar refractivity (Wildman–Crippen MR) is 74.9 cm³/mol. The van der Waals surface area contributed by atoms with Gasteiger partial charge in [0.2, 0.25) is 0 Å². The second kappa shape index (κ2) is 6.70. The minimum absolute atomic E-state index is 0.0840. The SMILES string of the molecule is Cc1cc(F)ccc1OCC(=O)NCc1ccccc1. The average Bonchev–Trinajstić information content (AvgIpc) is 2.45. The fourth-order valence-corrected chi connectivity index (χ4v) is 1.77. The highest BCUT2D eigenvalue weighted by atomic mass is 19.1. The van der Waals surface area contributed by atoms with Gasteiger partial charge in [0.05, 0.1) is 0 Å². The molecule has 4 heteroatoms. The van der Waals surface area contributed by atoms with Crippen molar-refractivity contribution in [3.8, 4) is 5.75 Å². The second-order valence-corrected chi connectivity index (χ2v) is 4.46. The highest BCUT2D eigenvalue weighted by Crippen LogP contribution is 2.18. The molecule has 0 aliphatic heterocycles. The van der Waals surface area contributed by atoms with E-state index in [0.717, 1.165) is 5.56 Å². The molecule has 0 saturated heterocycles. The van der Waals surface area contributed by atoms with E-state index in [4.69, 9.17) is 4.74 Å². The van der Waals surface area contributed by atoms with Gasteiger partial charge >= 0.3 is 0 Å². The van der Waals surface area contributed by atoms with Crippen LogP contribution in [0.2, 0.25) is 0 Å². The summed E-state index contributed by atoms with van der Waals surface area (Å²) in [7, 11) is 0. The van der Waals surface area contributed by atoms with Gasteiger partial charge in [-0.25, -0.2) is 4.39 Å². The summed E-state index contributed by atoms with van der Waals surface area (Å²) in [5.74, 6) is -0.0118. The summed E-state index contributed by atoms with van der Waals surface area (Å²) in [5.41, 5.74) is 1.69. The van der Waals surface area contributed by atoms with Gasteiger partial charge in [-0.1, -0.05) is 30.3 Å². The lowest BCUT2D eigenvalue weighted by atomic mass is 10.2. The number of carbonyl (C=O) groups excluding carboxylic acids is 1. The van der Waals surface area contributed by atoms with Crippen LogP contribution in [0.25, 0.3) is 0 Å². The van der Waals surface area contributed by atoms with Gasteiger partial charge in [-0.15, -0.1) is 0 Å². The lowest BCUT2D eigenvalue weighted by molar-refractivity contribution is -0.123. The smallest absolute Gasteiger partial charge is 0.258 e. The molecule has 0 bridgehead atoms. The van der Waals surface area contributed by atoms with Crippen LogP contribution in [0.5, 0.6) is 5.75 Å². The molecule has 0 spiro atoms. The van der Waals surface area contributed by atoms with Gasteiger partial charge in [0, 0.05) is 6.54 Å². The van der Waals surface area contributed by atoms with Gasteiger partial charge in [0.1, 0.15) is 11.6 Å². The van der Waals surface area contributed by atoms with Crippen LogP contribution in [0.15, 0.2) is 48.5 Å². The minimum Gasteiger partial charge on any atom is -0.484 e. The molecular weight excluding hydrogens is 257 g/mol. The predicted octanol–water partition coefficient (Wildman–Crippen LogP) is 2.83. The molecule has 0 aliphatic rings. The Bertz CT molecular complexity index is 584. The summed E-state index contributed by atoms with van der Waals surface area (Å²) >= 11 is 0. The molecule has 0 unspecified atom stereocenters. The van der Waals surface area contributed by atoms with Crippen molar-refractivity contribution < 1.29 is 13.9 Å². The van der Waals surface area contributed by atoms with Gasteiger partial charge in [-0.05, 0) is 36.2 Å². The summed E-state index contributed by atoms with van der Waals surface area (Å²) in [6.07, 6.45) is 0. The molecular formula is C16H16FNO2. The second-order valence-electron chi connectivity index (χ2n) is 4.46. The van der Waals surface area contributed by atoms with Crippen LogP contribution in [-0.4, -0.2) is 12.5 Å². The van der Waals surface area contributed by atoms with Gasteiger partial charge in [0.15, 0.2) is 6.61 Å². The lowest BCUT2D eigenvalue weighted by Crippen LogP contribution is -2.28. The third kappa shape index (κ3) is 4.09. The molecule has 1 amide bonds. The Morgan fingerprint density at radius 2 is 1.95 bits per heavy atom. The number of nitrogens with one attached hydrogen (secondary N) is 1. The van der Waals surface area contributed by atoms with Crippen molar-refractivity contribution in [2.24, 2.45) is 0 Å². The highest BCUT2D eigenvalue weighted by molar-refractivity contribution is 5.77. The van der Waals surface area contributed by atoms with Crippen molar-refractivity contribution in [2.75, 3.05) is 6.61 Å². The average molecular weight is 273 g/mol. The van der Waals surface area contributed by atoms with Crippen molar-refractivity contribution in [3.05, 3.63) is 65.5 Å². The fraction of sp³-hybridized carbons (Fsp3) is 0.188. The number of aryl methyl sites for hydroxylation is 1. The molecule has 2 aromatic rings. The number of amides is 1.